The number of nitrogens with zero attached hydrogens (tertiary/aromatic N) is 1. The number of amides is 2. The van der Waals surface area contributed by atoms with Crippen LogP contribution < -0.4 is 10.1 Å². The number of hydrogen-bond donors (Lipinski definition) is 1. The Kier molecular flexibility index (Phi) is 9.15. The fraction of sp³-hybridized carbons (Fsp3) is 0.357. The van der Waals surface area contributed by atoms with Gasteiger partial charge in [-0.25, -0.2) is 0 Å². The number of halogens is 3. The first-order chi connectivity index (χ1) is 17.3. The Balaban J connectivity index is 1.52. The van der Waals surface area contributed by atoms with Gasteiger partial charge in [0.25, 0.3) is 5.91 Å². The Bertz CT molecular complexity index is 1250. The van der Waals surface area contributed by atoms with E-state index in [0.29, 0.717) is 21.4 Å². The summed E-state index contributed by atoms with van der Waals surface area (Å²) in [6.07, 6.45) is 5.35. The minimum Gasteiger partial charge on any atom is -0.483 e. The lowest BCUT2D eigenvalue weighted by Gasteiger charge is -2.31. The van der Waals surface area contributed by atoms with Crippen LogP contribution in [-0.4, -0.2) is 35.4 Å². The minimum atomic E-state index is -0.699. The maximum atomic E-state index is 13.4. The van der Waals surface area contributed by atoms with Crippen LogP contribution in [0.1, 0.15) is 44.6 Å². The summed E-state index contributed by atoms with van der Waals surface area (Å²) in [6, 6.07) is 16.3. The van der Waals surface area contributed by atoms with Crippen LogP contribution in [0.4, 0.5) is 0 Å². The molecule has 1 atom stereocenters. The second-order valence-corrected chi connectivity index (χ2v) is 10.8. The fourth-order valence-electron chi connectivity index (χ4n) is 4.53. The molecule has 0 aromatic heterocycles. The number of ether oxygens (including phenoxy) is 1. The number of carbonyl (C=O) groups is 2. The maximum absolute atomic E-state index is 13.4. The fourth-order valence-corrected chi connectivity index (χ4v) is 5.61. The molecule has 0 unspecified atom stereocenters. The number of benzene rings is 3. The van der Waals surface area contributed by atoms with Crippen molar-refractivity contribution in [2.45, 2.75) is 57.7 Å². The van der Waals surface area contributed by atoms with Crippen LogP contribution in [-0.2, 0) is 16.1 Å². The molecule has 8 heteroatoms. The lowest BCUT2D eigenvalue weighted by atomic mass is 9.95. The summed E-state index contributed by atoms with van der Waals surface area (Å²) < 4.78 is 6.71. The van der Waals surface area contributed by atoms with Crippen molar-refractivity contribution in [3.63, 3.8) is 0 Å². The molecule has 0 heterocycles. The van der Waals surface area contributed by atoms with Crippen molar-refractivity contribution in [3.05, 3.63) is 74.7 Å². The molecule has 3 aromatic carbocycles. The molecule has 0 saturated heterocycles. The summed E-state index contributed by atoms with van der Waals surface area (Å²) in [6.45, 7) is 1.69. The summed E-state index contributed by atoms with van der Waals surface area (Å²) in [4.78, 5) is 28.1. The normalized spacial score (nSPS) is 14.9. The van der Waals surface area contributed by atoms with Gasteiger partial charge < -0.3 is 15.0 Å². The van der Waals surface area contributed by atoms with E-state index >= 15 is 0 Å². The van der Waals surface area contributed by atoms with Crippen molar-refractivity contribution in [3.8, 4) is 5.75 Å². The molecule has 3 aromatic rings. The summed E-state index contributed by atoms with van der Waals surface area (Å²) >= 11 is 16.1. The zero-order valence-corrected chi connectivity index (χ0v) is 23.2. The summed E-state index contributed by atoms with van der Waals surface area (Å²) in [5.74, 6) is 0.0745. The van der Waals surface area contributed by atoms with E-state index < -0.39 is 6.04 Å². The maximum Gasteiger partial charge on any atom is 0.261 e. The van der Waals surface area contributed by atoms with Crippen molar-refractivity contribution >= 4 is 61.7 Å². The molecule has 4 rings (SSSR count). The molecule has 2 amide bonds. The first-order valence-corrected chi connectivity index (χ1v) is 13.7. The second kappa shape index (κ2) is 12.3. The van der Waals surface area contributed by atoms with E-state index in [9.17, 15) is 9.59 Å². The van der Waals surface area contributed by atoms with Gasteiger partial charge >= 0.3 is 0 Å². The van der Waals surface area contributed by atoms with Crippen molar-refractivity contribution in [2.75, 3.05) is 6.61 Å². The van der Waals surface area contributed by atoms with E-state index in [-0.39, 0.29) is 31.0 Å². The van der Waals surface area contributed by atoms with Crippen LogP contribution in [0.2, 0.25) is 10.0 Å². The van der Waals surface area contributed by atoms with Gasteiger partial charge in [-0.1, -0.05) is 78.9 Å². The second-order valence-electron chi connectivity index (χ2n) is 9.16. The first kappa shape index (κ1) is 26.8. The van der Waals surface area contributed by atoms with Crippen LogP contribution in [0.15, 0.2) is 59.1 Å². The predicted octanol–water partition coefficient (Wildman–Crippen LogP) is 7.15. The van der Waals surface area contributed by atoms with Crippen LogP contribution in [0.25, 0.3) is 10.8 Å². The van der Waals surface area contributed by atoms with Crippen molar-refractivity contribution < 1.29 is 14.3 Å². The molecule has 36 heavy (non-hydrogen) atoms. The van der Waals surface area contributed by atoms with Crippen LogP contribution in [0.3, 0.4) is 0 Å². The van der Waals surface area contributed by atoms with Gasteiger partial charge in [-0.2, -0.15) is 0 Å². The highest BCUT2D eigenvalue weighted by atomic mass is 79.9. The standard InChI is InChI=1S/C28H29BrCl2N2O3/c1-18(28(35)32-22-8-3-2-4-9-22)33(16-20-11-13-21(30)15-24(20)31)26(34)17-36-25-14-12-19-7-5-6-10-23(19)27(25)29/h5-7,10-15,18,22H,2-4,8-9,16-17H2,1H3,(H,32,35)/t18-/m0/s1. The Hall–Kier alpha value is -2.28. The van der Waals surface area contributed by atoms with Gasteiger partial charge in [0, 0.05) is 22.6 Å². The Morgan fingerprint density at radius 1 is 1.08 bits per heavy atom. The monoisotopic (exact) mass is 590 g/mol. The number of carbonyl (C=O) groups excluding carboxylic acids is 2. The summed E-state index contributed by atoms with van der Waals surface area (Å²) in [7, 11) is 0. The van der Waals surface area contributed by atoms with Gasteiger partial charge in [-0.3, -0.25) is 9.59 Å². The lowest BCUT2D eigenvalue weighted by Crippen LogP contribution is -2.51. The zero-order chi connectivity index (χ0) is 25.7. The molecule has 1 aliphatic carbocycles. The molecule has 1 aliphatic rings. The van der Waals surface area contributed by atoms with Gasteiger partial charge in [0.15, 0.2) is 6.61 Å². The molecule has 0 bridgehead atoms. The molecule has 0 radical (unpaired) electrons. The lowest BCUT2D eigenvalue weighted by molar-refractivity contribution is -0.142. The smallest absolute Gasteiger partial charge is 0.261 e. The third kappa shape index (κ3) is 6.53. The van der Waals surface area contributed by atoms with Crippen LogP contribution in [0.5, 0.6) is 5.75 Å². The quantitative estimate of drug-likeness (QED) is 0.302. The molecular weight excluding hydrogens is 563 g/mol. The van der Waals surface area contributed by atoms with E-state index in [0.717, 1.165) is 40.9 Å². The number of rotatable bonds is 8. The number of nitrogens with one attached hydrogen (secondary N) is 1. The topological polar surface area (TPSA) is 58.6 Å². The molecular formula is C28H29BrCl2N2O3. The van der Waals surface area contributed by atoms with Gasteiger partial charge in [0.2, 0.25) is 5.91 Å². The predicted molar refractivity (Wildman–Crippen MR) is 149 cm³/mol. The molecule has 5 nitrogen and oxygen atoms in total. The van der Waals surface area contributed by atoms with Crippen LogP contribution in [0, 0.1) is 0 Å². The molecule has 1 fully saturated rings. The van der Waals surface area contributed by atoms with Crippen molar-refractivity contribution in [1.82, 2.24) is 10.2 Å². The van der Waals surface area contributed by atoms with E-state index in [1.54, 1.807) is 25.1 Å². The SMILES string of the molecule is C[C@@H](C(=O)NC1CCCCC1)N(Cc1ccc(Cl)cc1Cl)C(=O)COc1ccc2ccccc2c1Br. The van der Waals surface area contributed by atoms with Crippen LogP contribution >= 0.6 is 39.1 Å². The Morgan fingerprint density at radius 2 is 1.83 bits per heavy atom. The van der Waals surface area contributed by atoms with Gasteiger partial charge in [0.05, 0.1) is 4.47 Å². The zero-order valence-electron chi connectivity index (χ0n) is 20.1. The van der Waals surface area contributed by atoms with Crippen molar-refractivity contribution in [1.29, 1.82) is 0 Å². The molecule has 1 saturated carbocycles. The summed E-state index contributed by atoms with van der Waals surface area (Å²) in [5, 5.41) is 6.14. The van der Waals surface area contributed by atoms with E-state index in [1.165, 1.54) is 11.3 Å². The minimum absolute atomic E-state index is 0.148. The van der Waals surface area contributed by atoms with Gasteiger partial charge in [0.1, 0.15) is 11.8 Å². The number of fused-ring (bicyclic) bond motifs is 1. The number of hydrogen-bond acceptors (Lipinski definition) is 3. The molecule has 0 spiro atoms. The third-order valence-corrected chi connectivity index (χ3v) is 8.06. The average Bonchev–Trinajstić information content (AvgIpc) is 2.88. The highest BCUT2D eigenvalue weighted by Crippen LogP contribution is 2.33. The highest BCUT2D eigenvalue weighted by Gasteiger charge is 2.29. The Morgan fingerprint density at radius 3 is 2.58 bits per heavy atom. The van der Waals surface area contributed by atoms with E-state index in [2.05, 4.69) is 21.2 Å². The van der Waals surface area contributed by atoms with E-state index in [1.807, 2.05) is 36.4 Å². The molecule has 0 aliphatic heterocycles. The summed E-state index contributed by atoms with van der Waals surface area (Å²) in [5.41, 5.74) is 0.707. The highest BCUT2D eigenvalue weighted by molar-refractivity contribution is 9.10. The van der Waals surface area contributed by atoms with E-state index in [4.69, 9.17) is 27.9 Å². The molecule has 1 N–H and O–H groups in total. The Labute approximate surface area is 230 Å². The van der Waals surface area contributed by atoms with Gasteiger partial charge in [-0.05, 0) is 70.2 Å². The first-order valence-electron chi connectivity index (χ1n) is 12.2. The third-order valence-electron chi connectivity index (χ3n) is 6.65. The van der Waals surface area contributed by atoms with Gasteiger partial charge in [-0.15, -0.1) is 0 Å². The largest absolute Gasteiger partial charge is 0.483 e. The van der Waals surface area contributed by atoms with Crippen molar-refractivity contribution in [2.24, 2.45) is 0 Å². The molecule has 190 valence electrons. The average molecular weight is 592 g/mol.